The van der Waals surface area contributed by atoms with Crippen molar-refractivity contribution in [3.8, 4) is 5.75 Å². The molecule has 0 aromatic heterocycles. The summed E-state index contributed by atoms with van der Waals surface area (Å²) in [6, 6.07) is 3.22. The number of aryl methyl sites for hydroxylation is 2. The van der Waals surface area contributed by atoms with E-state index in [9.17, 15) is 13.2 Å². The molecule has 0 heterocycles. The van der Waals surface area contributed by atoms with E-state index in [0.29, 0.717) is 17.9 Å². The summed E-state index contributed by atoms with van der Waals surface area (Å²) in [5.74, 6) is 0.283. The van der Waals surface area contributed by atoms with E-state index >= 15 is 0 Å². The number of methoxy groups -OCH3 is 1. The molecule has 0 aliphatic heterocycles. The van der Waals surface area contributed by atoms with Crippen LogP contribution in [0.25, 0.3) is 0 Å². The largest absolute Gasteiger partial charge is 0.496 e. The number of sulfonamides is 1. The Morgan fingerprint density at radius 1 is 1.21 bits per heavy atom. The molecular formula is C16H27N3O4S. The molecule has 0 aliphatic rings. The highest BCUT2D eigenvalue weighted by Gasteiger charge is 2.19. The van der Waals surface area contributed by atoms with Gasteiger partial charge in [0, 0.05) is 6.54 Å². The van der Waals surface area contributed by atoms with Gasteiger partial charge in [0.2, 0.25) is 15.9 Å². The third-order valence-corrected chi connectivity index (χ3v) is 5.05. The van der Waals surface area contributed by atoms with Gasteiger partial charge in [0.25, 0.3) is 0 Å². The zero-order valence-corrected chi connectivity index (χ0v) is 15.8. The van der Waals surface area contributed by atoms with E-state index in [-0.39, 0.29) is 17.3 Å². The molecule has 0 unspecified atom stereocenters. The second kappa shape index (κ2) is 9.00. The van der Waals surface area contributed by atoms with Gasteiger partial charge < -0.3 is 15.0 Å². The number of hydrogen-bond donors (Lipinski definition) is 2. The third-order valence-electron chi connectivity index (χ3n) is 3.51. The lowest BCUT2D eigenvalue weighted by molar-refractivity contribution is -0.119. The van der Waals surface area contributed by atoms with Crippen molar-refractivity contribution in [3.63, 3.8) is 0 Å². The van der Waals surface area contributed by atoms with Crippen LogP contribution in [0.4, 0.5) is 0 Å². The maximum Gasteiger partial charge on any atom is 0.241 e. The first kappa shape index (κ1) is 20.4. The van der Waals surface area contributed by atoms with Crippen molar-refractivity contribution in [2.75, 3.05) is 40.8 Å². The summed E-state index contributed by atoms with van der Waals surface area (Å²) in [5, 5.41) is 2.69. The normalized spacial score (nSPS) is 11.6. The maximum atomic E-state index is 12.4. The monoisotopic (exact) mass is 357 g/mol. The molecule has 0 bridgehead atoms. The standard InChI is InChI=1S/C16H27N3O4S/c1-12-10-15(13(2)9-14(12)23-5)24(21,22)18-11-16(20)17-7-6-8-19(3)4/h9-10,18H,6-8,11H2,1-5H3,(H,17,20). The number of carbonyl (C=O) groups excluding carboxylic acids is 1. The number of amides is 1. The fourth-order valence-corrected chi connectivity index (χ4v) is 3.49. The van der Waals surface area contributed by atoms with Gasteiger partial charge in [0.15, 0.2) is 0 Å². The average Bonchev–Trinajstić information content (AvgIpc) is 2.51. The fraction of sp³-hybridized carbons (Fsp3) is 0.562. The number of nitrogens with zero attached hydrogens (tertiary/aromatic N) is 1. The Labute approximate surface area is 144 Å². The first-order valence-corrected chi connectivity index (χ1v) is 9.22. The number of carbonyl (C=O) groups is 1. The summed E-state index contributed by atoms with van der Waals surface area (Å²) < 4.78 is 32.3. The molecule has 0 radical (unpaired) electrons. The smallest absolute Gasteiger partial charge is 0.241 e. The summed E-state index contributed by atoms with van der Waals surface area (Å²) in [5.41, 5.74) is 1.29. The van der Waals surface area contributed by atoms with E-state index in [1.807, 2.05) is 19.0 Å². The van der Waals surface area contributed by atoms with Crippen LogP contribution in [0.2, 0.25) is 0 Å². The van der Waals surface area contributed by atoms with E-state index in [1.54, 1.807) is 26.0 Å². The summed E-state index contributed by atoms with van der Waals surface area (Å²) in [4.78, 5) is 13.9. The molecule has 0 spiro atoms. The Hall–Kier alpha value is -1.64. The lowest BCUT2D eigenvalue weighted by Crippen LogP contribution is -2.38. The molecule has 1 aromatic rings. The number of hydrogen-bond acceptors (Lipinski definition) is 5. The van der Waals surface area contributed by atoms with Crippen molar-refractivity contribution in [1.29, 1.82) is 0 Å². The summed E-state index contributed by atoms with van der Waals surface area (Å²) in [6.07, 6.45) is 0.808. The molecule has 7 nitrogen and oxygen atoms in total. The third kappa shape index (κ3) is 6.10. The van der Waals surface area contributed by atoms with Gasteiger partial charge in [-0.15, -0.1) is 0 Å². The molecular weight excluding hydrogens is 330 g/mol. The van der Waals surface area contributed by atoms with Crippen LogP contribution >= 0.6 is 0 Å². The van der Waals surface area contributed by atoms with Gasteiger partial charge in [-0.05, 0) is 64.2 Å². The highest BCUT2D eigenvalue weighted by Crippen LogP contribution is 2.25. The van der Waals surface area contributed by atoms with E-state index in [1.165, 1.54) is 7.11 Å². The van der Waals surface area contributed by atoms with Gasteiger partial charge in [0.1, 0.15) is 5.75 Å². The van der Waals surface area contributed by atoms with Gasteiger partial charge >= 0.3 is 0 Å². The molecule has 0 fully saturated rings. The molecule has 0 saturated carbocycles. The van der Waals surface area contributed by atoms with Crippen LogP contribution in [0.3, 0.4) is 0 Å². The van der Waals surface area contributed by atoms with E-state index < -0.39 is 10.0 Å². The van der Waals surface area contributed by atoms with Gasteiger partial charge in [-0.1, -0.05) is 0 Å². The van der Waals surface area contributed by atoms with Crippen molar-refractivity contribution in [2.45, 2.75) is 25.2 Å². The molecule has 8 heteroatoms. The minimum Gasteiger partial charge on any atom is -0.496 e. The maximum absolute atomic E-state index is 12.4. The molecule has 0 aliphatic carbocycles. The number of ether oxygens (including phenoxy) is 1. The van der Waals surface area contributed by atoms with Crippen LogP contribution in [-0.2, 0) is 14.8 Å². The molecule has 2 N–H and O–H groups in total. The van der Waals surface area contributed by atoms with Crippen molar-refractivity contribution in [2.24, 2.45) is 0 Å². The predicted molar refractivity (Wildman–Crippen MR) is 93.8 cm³/mol. The summed E-state index contributed by atoms with van der Waals surface area (Å²) in [7, 11) is 1.69. The van der Waals surface area contributed by atoms with Gasteiger partial charge in [0.05, 0.1) is 18.6 Å². The summed E-state index contributed by atoms with van der Waals surface area (Å²) >= 11 is 0. The Bertz CT molecular complexity index is 672. The molecule has 0 atom stereocenters. The quantitative estimate of drug-likeness (QED) is 0.634. The second-order valence-electron chi connectivity index (χ2n) is 5.92. The van der Waals surface area contributed by atoms with E-state index in [2.05, 4.69) is 10.0 Å². The Kier molecular flexibility index (Phi) is 7.65. The number of benzene rings is 1. The highest BCUT2D eigenvalue weighted by molar-refractivity contribution is 7.89. The Balaban J connectivity index is 2.64. The van der Waals surface area contributed by atoms with Crippen LogP contribution in [0.15, 0.2) is 17.0 Å². The SMILES string of the molecule is COc1cc(C)c(S(=O)(=O)NCC(=O)NCCCN(C)C)cc1C. The predicted octanol–water partition coefficient (Wildman–Crippen LogP) is 0.658. The first-order valence-electron chi connectivity index (χ1n) is 7.73. The van der Waals surface area contributed by atoms with Crippen LogP contribution in [-0.4, -0.2) is 60.1 Å². The zero-order chi connectivity index (χ0) is 18.3. The minimum absolute atomic E-state index is 0.154. The highest BCUT2D eigenvalue weighted by atomic mass is 32.2. The molecule has 1 amide bonds. The van der Waals surface area contributed by atoms with Crippen molar-refractivity contribution in [3.05, 3.63) is 23.3 Å². The Morgan fingerprint density at radius 2 is 1.88 bits per heavy atom. The lowest BCUT2D eigenvalue weighted by atomic mass is 10.1. The van der Waals surface area contributed by atoms with E-state index in [0.717, 1.165) is 18.5 Å². The molecule has 136 valence electrons. The lowest BCUT2D eigenvalue weighted by Gasteiger charge is -2.13. The van der Waals surface area contributed by atoms with Gasteiger partial charge in [-0.3, -0.25) is 4.79 Å². The van der Waals surface area contributed by atoms with Crippen LogP contribution in [0.1, 0.15) is 17.5 Å². The molecule has 1 rings (SSSR count). The fourth-order valence-electron chi connectivity index (χ4n) is 2.20. The van der Waals surface area contributed by atoms with E-state index in [4.69, 9.17) is 4.74 Å². The van der Waals surface area contributed by atoms with Crippen molar-refractivity contribution in [1.82, 2.24) is 14.9 Å². The van der Waals surface area contributed by atoms with Crippen LogP contribution in [0, 0.1) is 13.8 Å². The first-order chi connectivity index (χ1) is 11.2. The summed E-state index contributed by atoms with van der Waals surface area (Å²) in [6.45, 7) is 4.55. The average molecular weight is 357 g/mol. The van der Waals surface area contributed by atoms with Crippen molar-refractivity contribution >= 4 is 15.9 Å². The van der Waals surface area contributed by atoms with Gasteiger partial charge in [-0.25, -0.2) is 13.1 Å². The zero-order valence-electron chi connectivity index (χ0n) is 15.0. The van der Waals surface area contributed by atoms with Gasteiger partial charge in [-0.2, -0.15) is 0 Å². The molecule has 0 saturated heterocycles. The molecule has 24 heavy (non-hydrogen) atoms. The Morgan fingerprint density at radius 3 is 2.46 bits per heavy atom. The molecule has 1 aromatic carbocycles. The topological polar surface area (TPSA) is 87.7 Å². The number of rotatable bonds is 9. The minimum atomic E-state index is -3.75. The van der Waals surface area contributed by atoms with Crippen LogP contribution in [0.5, 0.6) is 5.75 Å². The van der Waals surface area contributed by atoms with Crippen molar-refractivity contribution < 1.29 is 17.9 Å². The van der Waals surface area contributed by atoms with Crippen LogP contribution < -0.4 is 14.8 Å². The number of nitrogens with one attached hydrogen (secondary N) is 2. The second-order valence-corrected chi connectivity index (χ2v) is 7.65.